The Balaban J connectivity index is 2.65. The van der Waals surface area contributed by atoms with Crippen LogP contribution in [-0.2, 0) is 0 Å². The van der Waals surface area contributed by atoms with Crippen molar-refractivity contribution in [3.8, 4) is 5.40 Å². The van der Waals surface area contributed by atoms with Crippen LogP contribution in [0.15, 0.2) is 0 Å². The van der Waals surface area contributed by atoms with Gasteiger partial charge in [-0.25, -0.2) is 0 Å². The molecular weight excluding hydrogens is 125 g/mol. The van der Waals surface area contributed by atoms with Gasteiger partial charge in [0.25, 0.3) is 0 Å². The summed E-state index contributed by atoms with van der Waals surface area (Å²) < 4.78 is 11.3. The number of alkyl halides is 1. The summed E-state index contributed by atoms with van der Waals surface area (Å²) in [6, 6.07) is 0. The largest absolute Gasteiger partial charge is 0.251 e. The van der Waals surface area contributed by atoms with Crippen LogP contribution >= 0.6 is 11.8 Å². The molecule has 0 heterocycles. The molecule has 0 atom stereocenters. The molecule has 0 radical (unpaired) electrons. The number of thioether (sulfide) groups is 1. The van der Waals surface area contributed by atoms with E-state index in [0.717, 1.165) is 12.2 Å². The molecule has 0 amide bonds. The summed E-state index contributed by atoms with van der Waals surface area (Å²) in [4.78, 5) is 0. The molecule has 0 N–H and O–H groups in total. The lowest BCUT2D eigenvalue weighted by Crippen LogP contribution is -1.78. The van der Waals surface area contributed by atoms with Gasteiger partial charge in [-0.15, -0.1) is 0 Å². The second kappa shape index (κ2) is 6.77. The minimum Gasteiger partial charge on any atom is -0.251 e. The highest BCUT2D eigenvalue weighted by Gasteiger charge is 1.85. The van der Waals surface area contributed by atoms with E-state index in [9.17, 15) is 4.39 Å². The van der Waals surface area contributed by atoms with E-state index in [4.69, 9.17) is 5.26 Å². The Morgan fingerprint density at radius 2 is 2.25 bits per heavy atom. The molecule has 0 aliphatic carbocycles. The fourth-order valence-corrected chi connectivity index (χ4v) is 0.754. The van der Waals surface area contributed by atoms with E-state index in [1.165, 1.54) is 11.8 Å². The van der Waals surface area contributed by atoms with Crippen LogP contribution in [0.5, 0.6) is 0 Å². The molecule has 1 nitrogen and oxygen atoms in total. The van der Waals surface area contributed by atoms with Crippen LogP contribution in [0.25, 0.3) is 0 Å². The van der Waals surface area contributed by atoms with Crippen molar-refractivity contribution < 1.29 is 4.39 Å². The third kappa shape index (κ3) is 5.77. The number of hydrogen-bond acceptors (Lipinski definition) is 2. The quantitative estimate of drug-likeness (QED) is 0.432. The van der Waals surface area contributed by atoms with E-state index < -0.39 is 0 Å². The van der Waals surface area contributed by atoms with Crippen LogP contribution in [0.4, 0.5) is 4.39 Å². The van der Waals surface area contributed by atoms with Crippen molar-refractivity contribution in [1.82, 2.24) is 0 Å². The van der Waals surface area contributed by atoms with Gasteiger partial charge in [0.15, 0.2) is 0 Å². The van der Waals surface area contributed by atoms with Crippen LogP contribution in [-0.4, -0.2) is 12.4 Å². The predicted molar refractivity (Wildman–Crippen MR) is 33.3 cm³/mol. The summed E-state index contributed by atoms with van der Waals surface area (Å²) in [5.41, 5.74) is 0. The standard InChI is InChI=1S/C5H8FNS/c6-3-1-2-4-8-5-7/h1-4H2. The van der Waals surface area contributed by atoms with Crippen molar-refractivity contribution in [2.75, 3.05) is 12.4 Å². The summed E-state index contributed by atoms with van der Waals surface area (Å²) >= 11 is 1.19. The number of rotatable bonds is 4. The smallest absolute Gasteiger partial charge is 0.133 e. The first kappa shape index (κ1) is 7.77. The Morgan fingerprint density at radius 3 is 2.75 bits per heavy atom. The fourth-order valence-electron chi connectivity index (χ4n) is 0.314. The molecular formula is C5H8FNS. The molecule has 0 unspecified atom stereocenters. The zero-order valence-corrected chi connectivity index (χ0v) is 5.38. The van der Waals surface area contributed by atoms with Gasteiger partial charge in [-0.05, 0) is 24.6 Å². The number of hydrogen-bond donors (Lipinski definition) is 0. The average Bonchev–Trinajstić information content (AvgIpc) is 1.81. The molecule has 0 aromatic rings. The van der Waals surface area contributed by atoms with Gasteiger partial charge in [-0.1, -0.05) is 0 Å². The highest BCUT2D eigenvalue weighted by Crippen LogP contribution is 2.00. The first-order valence-electron chi connectivity index (χ1n) is 2.48. The SMILES string of the molecule is N#CSCCCCF. The van der Waals surface area contributed by atoms with Crippen LogP contribution in [0.3, 0.4) is 0 Å². The molecule has 0 rings (SSSR count). The van der Waals surface area contributed by atoms with Crippen LogP contribution in [0, 0.1) is 10.7 Å². The molecule has 3 heteroatoms. The third-order valence-corrected chi connectivity index (χ3v) is 1.32. The summed E-state index contributed by atoms with van der Waals surface area (Å²) in [7, 11) is 0. The fraction of sp³-hybridized carbons (Fsp3) is 0.800. The Bertz CT molecular complexity index is 79.0. The monoisotopic (exact) mass is 133 g/mol. The molecule has 0 aliphatic heterocycles. The maximum absolute atomic E-state index is 11.3. The summed E-state index contributed by atoms with van der Waals surface area (Å²) in [6.07, 6.45) is 1.41. The van der Waals surface area contributed by atoms with E-state index in [-0.39, 0.29) is 6.67 Å². The van der Waals surface area contributed by atoms with Crippen molar-refractivity contribution >= 4 is 11.8 Å². The molecule has 0 saturated heterocycles. The van der Waals surface area contributed by atoms with E-state index in [0.29, 0.717) is 6.42 Å². The van der Waals surface area contributed by atoms with Crippen LogP contribution < -0.4 is 0 Å². The minimum atomic E-state index is -0.258. The molecule has 46 valence electrons. The summed E-state index contributed by atoms with van der Waals surface area (Å²) in [5.74, 6) is 0.764. The highest BCUT2D eigenvalue weighted by atomic mass is 32.2. The normalized spacial score (nSPS) is 8.50. The number of thiocyanates is 1. The van der Waals surface area contributed by atoms with Gasteiger partial charge in [0.05, 0.1) is 6.67 Å². The molecule has 0 saturated carbocycles. The Hall–Kier alpha value is -0.230. The lowest BCUT2D eigenvalue weighted by atomic mass is 10.4. The first-order valence-corrected chi connectivity index (χ1v) is 3.47. The molecule has 0 spiro atoms. The summed E-state index contributed by atoms with van der Waals surface area (Å²) in [6.45, 7) is -0.258. The predicted octanol–water partition coefficient (Wildman–Crippen LogP) is 1.95. The van der Waals surface area contributed by atoms with Gasteiger partial charge < -0.3 is 0 Å². The van der Waals surface area contributed by atoms with Crippen LogP contribution in [0.1, 0.15) is 12.8 Å². The maximum Gasteiger partial charge on any atom is 0.133 e. The molecule has 0 aromatic carbocycles. The van der Waals surface area contributed by atoms with Crippen LogP contribution in [0.2, 0.25) is 0 Å². The lowest BCUT2D eigenvalue weighted by Gasteiger charge is -1.87. The van der Waals surface area contributed by atoms with Crippen molar-refractivity contribution in [2.24, 2.45) is 0 Å². The topological polar surface area (TPSA) is 23.8 Å². The van der Waals surface area contributed by atoms with E-state index in [2.05, 4.69) is 0 Å². The zero-order chi connectivity index (χ0) is 6.24. The van der Waals surface area contributed by atoms with Crippen molar-refractivity contribution in [3.63, 3.8) is 0 Å². The average molecular weight is 133 g/mol. The molecule has 0 aromatic heterocycles. The molecule has 0 fully saturated rings. The first-order chi connectivity index (χ1) is 3.91. The number of halogens is 1. The molecule has 8 heavy (non-hydrogen) atoms. The van der Waals surface area contributed by atoms with Crippen molar-refractivity contribution in [1.29, 1.82) is 5.26 Å². The number of nitriles is 1. The van der Waals surface area contributed by atoms with Crippen molar-refractivity contribution in [3.05, 3.63) is 0 Å². The Labute approximate surface area is 52.9 Å². The lowest BCUT2D eigenvalue weighted by molar-refractivity contribution is 0.470. The maximum atomic E-state index is 11.3. The third-order valence-electron chi connectivity index (χ3n) is 0.695. The zero-order valence-electron chi connectivity index (χ0n) is 4.56. The van der Waals surface area contributed by atoms with Gasteiger partial charge in [0.1, 0.15) is 5.40 Å². The van der Waals surface area contributed by atoms with Gasteiger partial charge in [-0.2, -0.15) is 5.26 Å². The van der Waals surface area contributed by atoms with E-state index in [1.807, 2.05) is 5.40 Å². The van der Waals surface area contributed by atoms with Crippen molar-refractivity contribution in [2.45, 2.75) is 12.8 Å². The second-order valence-corrected chi connectivity index (χ2v) is 2.22. The number of nitrogens with zero attached hydrogens (tertiary/aromatic N) is 1. The van der Waals surface area contributed by atoms with E-state index >= 15 is 0 Å². The minimum absolute atomic E-state index is 0.258. The Kier molecular flexibility index (Phi) is 6.58. The van der Waals surface area contributed by atoms with Gasteiger partial charge >= 0.3 is 0 Å². The number of unbranched alkanes of at least 4 members (excludes halogenated alkanes) is 1. The van der Waals surface area contributed by atoms with Gasteiger partial charge in [0.2, 0.25) is 0 Å². The Morgan fingerprint density at radius 1 is 1.50 bits per heavy atom. The molecule has 0 aliphatic rings. The molecule has 0 bridgehead atoms. The van der Waals surface area contributed by atoms with Gasteiger partial charge in [0, 0.05) is 5.75 Å². The van der Waals surface area contributed by atoms with Gasteiger partial charge in [-0.3, -0.25) is 4.39 Å². The highest BCUT2D eigenvalue weighted by molar-refractivity contribution is 8.03. The summed E-state index contributed by atoms with van der Waals surface area (Å²) in [5, 5.41) is 9.91. The second-order valence-electron chi connectivity index (χ2n) is 1.34. The van der Waals surface area contributed by atoms with E-state index in [1.54, 1.807) is 0 Å².